The zero-order chi connectivity index (χ0) is 65.2. The molecule has 0 aliphatic rings. The SMILES string of the molecule is COc1cc[nH]c(=O)c1-c1ccno1.COc1cc[nH]c(=O)c1C(=O)/C=C/N(C)C.COc1cc[nH]c(=O)c1C(C)=O.COc1ccnc(OCCCNC(=O)OC(C)(C)C)c1-c1ccno1.COc1ccnc(OS(=O)(=O)C(F)(F)F)c1-c1ccno1. The molecule has 1 amide bonds. The predicted octanol–water partition coefficient (Wildman–Crippen LogP) is 7.28. The van der Waals surface area contributed by atoms with Crippen molar-refractivity contribution in [2.75, 3.05) is 62.8 Å². The van der Waals surface area contributed by atoms with Crippen LogP contribution >= 0.6 is 0 Å². The number of aromatic amines is 3. The van der Waals surface area contributed by atoms with Crippen molar-refractivity contribution in [2.45, 2.75) is 45.2 Å². The van der Waals surface area contributed by atoms with Crippen molar-refractivity contribution < 1.29 is 86.9 Å². The van der Waals surface area contributed by atoms with Gasteiger partial charge in [-0.2, -0.15) is 21.6 Å². The number of aromatic nitrogens is 8. The predicted molar refractivity (Wildman–Crippen MR) is 306 cm³/mol. The Hall–Kier alpha value is -10.7. The Balaban J connectivity index is 0.000000241. The molecule has 29 nitrogen and oxygen atoms in total. The topological polar surface area (TPSA) is 377 Å². The van der Waals surface area contributed by atoms with E-state index in [0.29, 0.717) is 65.3 Å². The van der Waals surface area contributed by atoms with Crippen molar-refractivity contribution in [3.63, 3.8) is 0 Å². The second kappa shape index (κ2) is 33.1. The fourth-order valence-electron chi connectivity index (χ4n) is 6.74. The highest BCUT2D eigenvalue weighted by Gasteiger charge is 2.49. The van der Waals surface area contributed by atoms with Crippen molar-refractivity contribution in [1.82, 2.24) is 50.6 Å². The number of alkyl carbamates (subject to hydrolysis) is 1. The molecule has 8 aromatic rings. The largest absolute Gasteiger partial charge is 0.534 e. The number of amides is 1. The summed E-state index contributed by atoms with van der Waals surface area (Å²) < 4.78 is 114. The lowest BCUT2D eigenvalue weighted by Gasteiger charge is -2.19. The van der Waals surface area contributed by atoms with Crippen LogP contribution in [0.2, 0.25) is 0 Å². The molecular weight excluding hydrogens is 1190 g/mol. The lowest BCUT2D eigenvalue weighted by Crippen LogP contribution is -2.33. The third-order valence-electron chi connectivity index (χ3n) is 10.5. The first-order chi connectivity index (χ1) is 41.7. The highest BCUT2D eigenvalue weighted by atomic mass is 32.2. The number of pyridine rings is 5. The molecule has 0 atom stereocenters. The van der Waals surface area contributed by atoms with Crippen LogP contribution in [0.5, 0.6) is 40.5 Å². The molecule has 0 unspecified atom stereocenters. The number of alkyl halides is 3. The molecule has 8 aromatic heterocycles. The number of ether oxygens (including phenoxy) is 7. The van der Waals surface area contributed by atoms with Crippen LogP contribution in [-0.2, 0) is 14.9 Å². The number of hydrogen-bond donors (Lipinski definition) is 4. The summed E-state index contributed by atoms with van der Waals surface area (Å²) in [5.74, 6) is 1.34. The van der Waals surface area contributed by atoms with Gasteiger partial charge in [0.2, 0.25) is 11.8 Å². The molecule has 0 saturated carbocycles. The molecule has 0 saturated heterocycles. The maximum Gasteiger partial charge on any atom is 0.534 e. The van der Waals surface area contributed by atoms with Crippen LogP contribution in [0, 0.1) is 0 Å². The number of nitrogens with zero attached hydrogens (tertiary/aromatic N) is 6. The van der Waals surface area contributed by atoms with Crippen LogP contribution < -0.4 is 54.6 Å². The lowest BCUT2D eigenvalue weighted by molar-refractivity contribution is -0.0501. The smallest absolute Gasteiger partial charge is 0.496 e. The van der Waals surface area contributed by atoms with Crippen LogP contribution in [0.1, 0.15) is 54.8 Å². The van der Waals surface area contributed by atoms with Gasteiger partial charge in [-0.1, -0.05) is 15.5 Å². The number of allylic oxidation sites excluding steroid dienone is 1. The van der Waals surface area contributed by atoms with E-state index < -0.39 is 44.3 Å². The molecular formula is C55H61F3N10O19S. The quantitative estimate of drug-likeness (QED) is 0.0203. The fourth-order valence-corrected chi connectivity index (χ4v) is 7.17. The minimum absolute atomic E-state index is 0.00845. The van der Waals surface area contributed by atoms with E-state index in [-0.39, 0.29) is 51.1 Å². The zero-order valence-corrected chi connectivity index (χ0v) is 49.8. The Bertz CT molecular complexity index is 3850. The molecule has 472 valence electrons. The summed E-state index contributed by atoms with van der Waals surface area (Å²) in [6, 6.07) is 12.3. The summed E-state index contributed by atoms with van der Waals surface area (Å²) in [5.41, 5.74) is -6.40. The number of H-pyrrole nitrogens is 3. The van der Waals surface area contributed by atoms with E-state index in [0.717, 1.165) is 6.20 Å². The number of carbonyl (C=O) groups is 3. The summed E-state index contributed by atoms with van der Waals surface area (Å²) in [4.78, 5) is 85.1. The van der Waals surface area contributed by atoms with Crippen LogP contribution in [0.15, 0.2) is 138 Å². The molecule has 0 radical (unpaired) electrons. The van der Waals surface area contributed by atoms with Gasteiger partial charge in [0.25, 0.3) is 16.7 Å². The van der Waals surface area contributed by atoms with Gasteiger partial charge in [0.05, 0.1) is 60.7 Å². The van der Waals surface area contributed by atoms with Gasteiger partial charge in [0.15, 0.2) is 28.8 Å². The van der Waals surface area contributed by atoms with Gasteiger partial charge >= 0.3 is 21.7 Å². The Morgan fingerprint density at radius 1 is 0.614 bits per heavy atom. The number of methoxy groups -OCH3 is 5. The average molecular weight is 1260 g/mol. The van der Waals surface area contributed by atoms with Gasteiger partial charge in [-0.05, 0) is 64.4 Å². The Morgan fingerprint density at radius 2 is 1.05 bits per heavy atom. The van der Waals surface area contributed by atoms with Crippen LogP contribution in [0.4, 0.5) is 18.0 Å². The molecule has 33 heteroatoms. The molecule has 0 aromatic carbocycles. The average Bonchev–Trinajstić information content (AvgIpc) is 4.12. The number of nitrogens with one attached hydrogen (secondary N) is 4. The maximum absolute atomic E-state index is 12.4. The van der Waals surface area contributed by atoms with Crippen molar-refractivity contribution in [1.29, 1.82) is 0 Å². The van der Waals surface area contributed by atoms with Gasteiger partial charge in [0, 0.05) is 82.1 Å². The molecule has 0 spiro atoms. The molecule has 88 heavy (non-hydrogen) atoms. The first-order valence-electron chi connectivity index (χ1n) is 25.3. The molecule has 4 N–H and O–H groups in total. The third-order valence-corrected chi connectivity index (χ3v) is 11.4. The number of carbonyl (C=O) groups excluding carboxylic acids is 3. The van der Waals surface area contributed by atoms with E-state index in [1.807, 2.05) is 20.8 Å². The van der Waals surface area contributed by atoms with E-state index in [1.165, 1.54) is 103 Å². The Labute approximate surface area is 498 Å². The second-order valence-corrected chi connectivity index (χ2v) is 19.6. The zero-order valence-electron chi connectivity index (χ0n) is 49.0. The van der Waals surface area contributed by atoms with E-state index >= 15 is 0 Å². The molecule has 0 aliphatic heterocycles. The minimum atomic E-state index is -5.87. The van der Waals surface area contributed by atoms with Gasteiger partial charge in [0.1, 0.15) is 62.2 Å². The highest BCUT2D eigenvalue weighted by Crippen LogP contribution is 2.39. The molecule has 0 aliphatic carbocycles. The number of halogens is 3. The monoisotopic (exact) mass is 1250 g/mol. The summed E-state index contributed by atoms with van der Waals surface area (Å²) in [5, 5.41) is 13.3. The van der Waals surface area contributed by atoms with Gasteiger partial charge in [-0.25, -0.2) is 14.8 Å². The highest BCUT2D eigenvalue weighted by molar-refractivity contribution is 7.88. The number of ketones is 2. The lowest BCUT2D eigenvalue weighted by atomic mass is 10.1. The number of rotatable bonds is 19. The summed E-state index contributed by atoms with van der Waals surface area (Å²) in [7, 11) is 4.83. The first-order valence-corrected chi connectivity index (χ1v) is 26.7. The first kappa shape index (κ1) is 69.8. The molecule has 8 heterocycles. The van der Waals surface area contributed by atoms with Crippen molar-refractivity contribution in [3.05, 3.63) is 153 Å². The van der Waals surface area contributed by atoms with Crippen LogP contribution in [0.25, 0.3) is 34.0 Å². The van der Waals surface area contributed by atoms with Gasteiger partial charge in [-0.15, -0.1) is 0 Å². The van der Waals surface area contributed by atoms with E-state index in [1.54, 1.807) is 62.8 Å². The summed E-state index contributed by atoms with van der Waals surface area (Å²) in [6.45, 7) is 7.56. The fraction of sp³-hybridized carbons (Fsp3) is 0.291. The third kappa shape index (κ3) is 20.5. The van der Waals surface area contributed by atoms with E-state index in [4.69, 9.17) is 46.7 Å². The normalized spacial score (nSPS) is 10.8. The minimum Gasteiger partial charge on any atom is -0.496 e. The Kier molecular flexibility index (Phi) is 26.2. The van der Waals surface area contributed by atoms with Crippen molar-refractivity contribution in [2.24, 2.45) is 0 Å². The number of Topliss-reactive ketones (excluding diaryl/α,β-unsaturated/α-hetero) is 1. The van der Waals surface area contributed by atoms with Gasteiger partial charge in [-0.3, -0.25) is 24.0 Å². The Morgan fingerprint density at radius 3 is 1.48 bits per heavy atom. The van der Waals surface area contributed by atoms with Crippen molar-refractivity contribution >= 4 is 27.8 Å². The molecule has 0 bridgehead atoms. The van der Waals surface area contributed by atoms with E-state index in [2.05, 4.69) is 49.9 Å². The summed E-state index contributed by atoms with van der Waals surface area (Å²) >= 11 is 0. The van der Waals surface area contributed by atoms with E-state index in [9.17, 15) is 50.4 Å². The number of hydrogen-bond acceptors (Lipinski definition) is 25. The molecule has 8 rings (SSSR count). The second-order valence-electron chi connectivity index (χ2n) is 18.1. The van der Waals surface area contributed by atoms with Gasteiger partial charge < -0.3 is 76.1 Å². The van der Waals surface area contributed by atoms with Crippen LogP contribution in [-0.4, -0.2) is 145 Å². The van der Waals surface area contributed by atoms with Crippen LogP contribution in [0.3, 0.4) is 0 Å². The summed E-state index contributed by atoms with van der Waals surface area (Å²) in [6.07, 6.45) is 14.3. The molecule has 0 fully saturated rings. The maximum atomic E-state index is 12.4. The standard InChI is InChI=1S/C17H23N3O5.C11H14N2O3.C10H7F3N2O5S.C9H8N2O3.C8H9NO3/c1-17(2,3)24-16(21)19-8-5-11-23-15-14(13-7-10-20-25-13)12(22-4)6-9-18-15;1-13(2)7-5-8(14)10-9(16-3)4-6-12-11(10)15;1-18-6-2-4-14-9(8(6)7-3-5-15-19-7)20-21(16,17)10(11,12)13;1-13-6-2-4-10-9(12)8(6)7-3-5-11-14-7;1-5(10)7-6(12-2)3-4-9-8(7)11/h6-7,9-10H,5,8,11H2,1-4H3,(H,19,21);4-7H,1-3H3,(H,12,15);2-5H,1H3;2-5H,1H3,(H,10,12);3-4H,1-2H3,(H,9,11)/b;7-5+;;;. The van der Waals surface area contributed by atoms with Crippen molar-refractivity contribution in [3.8, 4) is 74.5 Å².